The van der Waals surface area contributed by atoms with E-state index < -0.39 is 28.9 Å². The molecular weight excluding hydrogens is 296 g/mol. The molecule has 6 heteroatoms. The van der Waals surface area contributed by atoms with E-state index in [0.717, 1.165) is 5.57 Å². The summed E-state index contributed by atoms with van der Waals surface area (Å²) in [6.45, 7) is 3.86. The number of aliphatic hydroxyl groups is 1. The first kappa shape index (κ1) is 14.6. The van der Waals surface area contributed by atoms with Crippen molar-refractivity contribution in [2.75, 3.05) is 12.5 Å². The Morgan fingerprint density at radius 1 is 1.57 bits per heavy atom. The molecule has 2 aliphatic carbocycles. The molecule has 0 saturated carbocycles. The van der Waals surface area contributed by atoms with Crippen molar-refractivity contribution in [2.45, 2.75) is 19.4 Å². The molecule has 1 saturated heterocycles. The highest BCUT2D eigenvalue weighted by atomic mass is 35.5. The number of carboxylic acids is 1. The Hall–Kier alpha value is -1.33. The molecule has 1 fully saturated rings. The number of rotatable bonds is 2. The number of hydrogen-bond donors (Lipinski definition) is 2. The van der Waals surface area contributed by atoms with E-state index in [-0.39, 0.29) is 29.9 Å². The van der Waals surface area contributed by atoms with Crippen LogP contribution in [0.5, 0.6) is 0 Å². The van der Waals surface area contributed by atoms with Gasteiger partial charge in [-0.15, -0.1) is 11.6 Å². The minimum absolute atomic E-state index is 0.0385. The summed E-state index contributed by atoms with van der Waals surface area (Å²) < 4.78 is 5.05. The van der Waals surface area contributed by atoms with Gasteiger partial charge < -0.3 is 14.9 Å². The first-order chi connectivity index (χ1) is 9.79. The number of ether oxygens (including phenoxy) is 1. The Bertz CT molecular complexity index is 595. The van der Waals surface area contributed by atoms with Gasteiger partial charge in [0.25, 0.3) is 0 Å². The molecule has 5 atom stereocenters. The van der Waals surface area contributed by atoms with E-state index in [2.05, 4.69) is 0 Å². The zero-order chi connectivity index (χ0) is 15.6. The van der Waals surface area contributed by atoms with Crippen molar-refractivity contribution in [3.05, 3.63) is 23.3 Å². The molecule has 0 aromatic carbocycles. The summed E-state index contributed by atoms with van der Waals surface area (Å²) >= 11 is 5.92. The van der Waals surface area contributed by atoms with Crippen LogP contribution in [0.15, 0.2) is 23.3 Å². The Balaban J connectivity index is 2.23. The molecule has 0 radical (unpaired) electrons. The van der Waals surface area contributed by atoms with Crippen molar-refractivity contribution < 1.29 is 24.5 Å². The third-order valence-electron chi connectivity index (χ3n) is 5.46. The first-order valence-electron chi connectivity index (χ1n) is 6.89. The van der Waals surface area contributed by atoms with E-state index in [4.69, 9.17) is 16.3 Å². The largest absolute Gasteiger partial charge is 0.478 e. The first-order valence-corrected chi connectivity index (χ1v) is 7.43. The maximum Gasteiger partial charge on any atom is 0.340 e. The molecule has 1 spiro atoms. The summed E-state index contributed by atoms with van der Waals surface area (Å²) in [5.41, 5.74) is -1.68. The molecule has 0 aromatic rings. The monoisotopic (exact) mass is 312 g/mol. The second-order valence-electron chi connectivity index (χ2n) is 6.21. The van der Waals surface area contributed by atoms with Crippen LogP contribution in [0.1, 0.15) is 13.8 Å². The Kier molecular flexibility index (Phi) is 3.01. The SMILES string of the molecule is CC1=C[C@@]23[C@H](COC(=O)[C@@]2(O)CCl)C(C(=O)O)=C[C@H]3[C@H]1C. The fourth-order valence-electron chi connectivity index (χ4n) is 4.24. The predicted octanol–water partition coefficient (Wildman–Crippen LogP) is 1.35. The number of cyclic esters (lactones) is 1. The molecule has 5 nitrogen and oxygen atoms in total. The smallest absolute Gasteiger partial charge is 0.340 e. The summed E-state index contributed by atoms with van der Waals surface area (Å²) in [6, 6.07) is 0. The van der Waals surface area contributed by atoms with Gasteiger partial charge in [0.2, 0.25) is 0 Å². The number of hydrogen-bond acceptors (Lipinski definition) is 4. The van der Waals surface area contributed by atoms with E-state index in [1.165, 1.54) is 0 Å². The van der Waals surface area contributed by atoms with Crippen molar-refractivity contribution in [1.82, 2.24) is 0 Å². The van der Waals surface area contributed by atoms with Crippen LogP contribution in [0.3, 0.4) is 0 Å². The molecule has 1 heterocycles. The molecular formula is C15H17ClO5. The van der Waals surface area contributed by atoms with Crippen LogP contribution in [-0.4, -0.2) is 40.2 Å². The number of esters is 1. The van der Waals surface area contributed by atoms with Crippen LogP contribution in [0.25, 0.3) is 0 Å². The summed E-state index contributed by atoms with van der Waals surface area (Å²) in [5.74, 6) is -2.91. The van der Waals surface area contributed by atoms with Crippen LogP contribution in [0.4, 0.5) is 0 Å². The van der Waals surface area contributed by atoms with E-state index in [9.17, 15) is 19.8 Å². The van der Waals surface area contributed by atoms with Crippen LogP contribution in [0.2, 0.25) is 0 Å². The maximum absolute atomic E-state index is 12.2. The zero-order valence-corrected chi connectivity index (χ0v) is 12.6. The van der Waals surface area contributed by atoms with Crippen molar-refractivity contribution in [2.24, 2.45) is 23.2 Å². The minimum atomic E-state index is -1.90. The second kappa shape index (κ2) is 4.34. The van der Waals surface area contributed by atoms with Crippen LogP contribution < -0.4 is 0 Å². The van der Waals surface area contributed by atoms with Gasteiger partial charge in [0.15, 0.2) is 5.60 Å². The van der Waals surface area contributed by atoms with E-state index in [1.807, 2.05) is 19.9 Å². The lowest BCUT2D eigenvalue weighted by atomic mass is 9.59. The molecule has 0 aromatic heterocycles. The van der Waals surface area contributed by atoms with Crippen LogP contribution in [0, 0.1) is 23.2 Å². The molecule has 3 aliphatic rings. The third-order valence-corrected chi connectivity index (χ3v) is 5.85. The summed E-state index contributed by atoms with van der Waals surface area (Å²) in [7, 11) is 0. The lowest BCUT2D eigenvalue weighted by Gasteiger charge is -2.49. The number of aliphatic carboxylic acids is 1. The van der Waals surface area contributed by atoms with Gasteiger partial charge in [0.05, 0.1) is 12.5 Å². The highest BCUT2D eigenvalue weighted by Gasteiger charge is 2.70. The normalized spacial score (nSPS) is 44.6. The lowest BCUT2D eigenvalue weighted by Crippen LogP contribution is -2.64. The second-order valence-corrected chi connectivity index (χ2v) is 6.48. The third kappa shape index (κ3) is 1.51. The number of carbonyl (C=O) groups is 2. The molecule has 1 aliphatic heterocycles. The highest BCUT2D eigenvalue weighted by Crippen LogP contribution is 2.64. The number of carboxylic acid groups (broad SMARTS) is 1. The average molecular weight is 313 g/mol. The van der Waals surface area contributed by atoms with E-state index in [1.54, 1.807) is 6.08 Å². The fraction of sp³-hybridized carbons (Fsp3) is 0.600. The molecule has 0 amide bonds. The number of carbonyl (C=O) groups excluding carboxylic acids is 1. The van der Waals surface area contributed by atoms with Gasteiger partial charge in [-0.3, -0.25) is 0 Å². The van der Waals surface area contributed by atoms with Gasteiger partial charge in [-0.25, -0.2) is 9.59 Å². The van der Waals surface area contributed by atoms with Gasteiger partial charge in [-0.1, -0.05) is 24.6 Å². The highest BCUT2D eigenvalue weighted by molar-refractivity contribution is 6.20. The zero-order valence-electron chi connectivity index (χ0n) is 11.8. The standard InChI is InChI=1S/C15H17ClO5/c1-7-4-14-10(8(7)2)3-9(12(17)18)11(14)5-21-13(19)15(14,20)6-16/h3-4,8,10-11,20H,5-6H2,1-2H3,(H,17,18)/t8-,10-,11+,14+,15-/m0/s1. The molecule has 3 rings (SSSR count). The van der Waals surface area contributed by atoms with Crippen molar-refractivity contribution in [1.29, 1.82) is 0 Å². The summed E-state index contributed by atoms with van der Waals surface area (Å²) in [5, 5.41) is 20.4. The number of allylic oxidation sites excluding steroid dienone is 2. The van der Waals surface area contributed by atoms with Crippen molar-refractivity contribution in [3.63, 3.8) is 0 Å². The van der Waals surface area contributed by atoms with E-state index >= 15 is 0 Å². The summed E-state index contributed by atoms with van der Waals surface area (Å²) in [6.07, 6.45) is 3.52. The molecule has 2 N–H and O–H groups in total. The summed E-state index contributed by atoms with van der Waals surface area (Å²) in [4.78, 5) is 23.7. The van der Waals surface area contributed by atoms with E-state index in [0.29, 0.717) is 0 Å². The van der Waals surface area contributed by atoms with Gasteiger partial charge >= 0.3 is 11.9 Å². The van der Waals surface area contributed by atoms with Gasteiger partial charge in [-0.2, -0.15) is 0 Å². The Morgan fingerprint density at radius 3 is 2.81 bits per heavy atom. The minimum Gasteiger partial charge on any atom is -0.478 e. The maximum atomic E-state index is 12.2. The van der Waals surface area contributed by atoms with Crippen molar-refractivity contribution in [3.8, 4) is 0 Å². The molecule has 0 unspecified atom stereocenters. The van der Waals surface area contributed by atoms with Gasteiger partial charge in [-0.05, 0) is 18.8 Å². The lowest BCUT2D eigenvalue weighted by molar-refractivity contribution is -0.199. The average Bonchev–Trinajstić information content (AvgIpc) is 2.89. The van der Waals surface area contributed by atoms with Crippen LogP contribution in [-0.2, 0) is 14.3 Å². The van der Waals surface area contributed by atoms with Crippen LogP contribution >= 0.6 is 11.6 Å². The molecule has 114 valence electrons. The van der Waals surface area contributed by atoms with Gasteiger partial charge in [0, 0.05) is 16.9 Å². The molecule has 0 bridgehead atoms. The Morgan fingerprint density at radius 2 is 2.24 bits per heavy atom. The number of alkyl halides is 1. The fourth-order valence-corrected chi connectivity index (χ4v) is 4.58. The number of halogens is 1. The van der Waals surface area contributed by atoms with Gasteiger partial charge in [0.1, 0.15) is 0 Å². The van der Waals surface area contributed by atoms with Crippen molar-refractivity contribution >= 4 is 23.5 Å². The quantitative estimate of drug-likeness (QED) is 0.457. The topological polar surface area (TPSA) is 83.8 Å². The molecule has 21 heavy (non-hydrogen) atoms. The predicted molar refractivity (Wildman–Crippen MR) is 74.7 cm³/mol. The Labute approximate surface area is 127 Å².